The number of hydrogen-bond donors (Lipinski definition) is 2. The lowest BCUT2D eigenvalue weighted by molar-refractivity contribution is -0.143. The fraction of sp³-hybridized carbons (Fsp3) is 0.227. The van der Waals surface area contributed by atoms with Crippen molar-refractivity contribution < 1.29 is 41.0 Å². The zero-order valence-electron chi connectivity index (χ0n) is 18.2. The molecule has 0 radical (unpaired) electrons. The van der Waals surface area contributed by atoms with Crippen LogP contribution in [-0.4, -0.2) is 34.3 Å². The topological polar surface area (TPSA) is 84.3 Å². The Kier molecular flexibility index (Phi) is 9.48. The summed E-state index contributed by atoms with van der Waals surface area (Å²) in [4.78, 5) is 19.0. The minimum absolute atomic E-state index is 0.0491. The highest BCUT2D eigenvalue weighted by molar-refractivity contribution is 7.98. The molecule has 13 heteroatoms. The molecule has 0 aliphatic heterocycles. The van der Waals surface area contributed by atoms with Crippen molar-refractivity contribution in [2.45, 2.75) is 24.1 Å². The SMILES string of the molecule is CNCc1cc(C(F)(F)F)cc(C(F)(F)F)c1.CSc1ncc(C(=O)O)c(Oc2ccccc2)n1. The fourth-order valence-corrected chi connectivity index (χ4v) is 2.93. The number of halogens is 6. The molecule has 1 aromatic heterocycles. The predicted octanol–water partition coefficient (Wildman–Crippen LogP) is 6.13. The van der Waals surface area contributed by atoms with Gasteiger partial charge in [-0.15, -0.1) is 0 Å². The van der Waals surface area contributed by atoms with E-state index < -0.39 is 29.4 Å². The number of carboxylic acids is 1. The zero-order valence-corrected chi connectivity index (χ0v) is 19.1. The van der Waals surface area contributed by atoms with Gasteiger partial charge in [0, 0.05) is 12.7 Å². The van der Waals surface area contributed by atoms with E-state index >= 15 is 0 Å². The quantitative estimate of drug-likeness (QED) is 0.230. The number of nitrogens with one attached hydrogen (secondary N) is 1. The predicted molar refractivity (Wildman–Crippen MR) is 116 cm³/mol. The summed E-state index contributed by atoms with van der Waals surface area (Å²) in [6.45, 7) is -0.0625. The molecule has 0 atom stereocenters. The number of alkyl halides is 6. The van der Waals surface area contributed by atoms with E-state index in [0.29, 0.717) is 23.0 Å². The smallest absolute Gasteiger partial charge is 0.416 e. The Morgan fingerprint density at radius 1 is 1.03 bits per heavy atom. The molecule has 0 unspecified atom stereocenters. The molecule has 2 N–H and O–H groups in total. The summed E-state index contributed by atoms with van der Waals surface area (Å²) < 4.78 is 79.8. The van der Waals surface area contributed by atoms with E-state index in [9.17, 15) is 31.1 Å². The molecule has 2 aromatic carbocycles. The molecule has 35 heavy (non-hydrogen) atoms. The van der Waals surface area contributed by atoms with E-state index in [-0.39, 0.29) is 29.6 Å². The summed E-state index contributed by atoms with van der Waals surface area (Å²) in [5, 5.41) is 12.0. The fourth-order valence-electron chi connectivity index (χ4n) is 2.60. The molecular formula is C22H19F6N3O3S. The molecule has 0 saturated carbocycles. The van der Waals surface area contributed by atoms with Crippen LogP contribution in [0.15, 0.2) is 59.9 Å². The third-order valence-electron chi connectivity index (χ3n) is 4.13. The Morgan fingerprint density at radius 3 is 2.06 bits per heavy atom. The average Bonchev–Trinajstić information content (AvgIpc) is 2.79. The lowest BCUT2D eigenvalue weighted by atomic mass is 10.0. The summed E-state index contributed by atoms with van der Waals surface area (Å²) in [5.41, 5.74) is -2.71. The first-order chi connectivity index (χ1) is 16.3. The van der Waals surface area contributed by atoms with Crippen molar-refractivity contribution in [1.82, 2.24) is 15.3 Å². The minimum atomic E-state index is -4.79. The Hall–Kier alpha value is -3.32. The van der Waals surface area contributed by atoms with E-state index in [1.807, 2.05) is 12.3 Å². The third-order valence-corrected chi connectivity index (χ3v) is 4.69. The van der Waals surface area contributed by atoms with Crippen molar-refractivity contribution in [3.8, 4) is 11.6 Å². The van der Waals surface area contributed by atoms with Crippen LogP contribution >= 0.6 is 11.8 Å². The highest BCUT2D eigenvalue weighted by Gasteiger charge is 2.36. The van der Waals surface area contributed by atoms with Crippen molar-refractivity contribution in [3.05, 3.63) is 77.0 Å². The van der Waals surface area contributed by atoms with Crippen LogP contribution in [0, 0.1) is 0 Å². The third kappa shape index (κ3) is 8.44. The molecule has 3 rings (SSSR count). The second kappa shape index (κ2) is 11.9. The lowest BCUT2D eigenvalue weighted by Crippen LogP contribution is -2.14. The van der Waals surface area contributed by atoms with Crippen LogP contribution in [0.4, 0.5) is 26.3 Å². The van der Waals surface area contributed by atoms with Gasteiger partial charge in [-0.05, 0) is 49.2 Å². The normalized spacial score (nSPS) is 11.4. The zero-order chi connectivity index (χ0) is 26.2. The molecule has 0 fully saturated rings. The Morgan fingerprint density at radius 2 is 1.60 bits per heavy atom. The molecular weight excluding hydrogens is 500 g/mol. The number of hydrogen-bond acceptors (Lipinski definition) is 6. The van der Waals surface area contributed by atoms with Crippen LogP contribution in [-0.2, 0) is 18.9 Å². The number of carboxylic acid groups (broad SMARTS) is 1. The summed E-state index contributed by atoms with van der Waals surface area (Å²) in [6.07, 6.45) is -6.52. The Bertz CT molecular complexity index is 1110. The van der Waals surface area contributed by atoms with E-state index in [4.69, 9.17) is 9.84 Å². The highest BCUT2D eigenvalue weighted by atomic mass is 32.2. The van der Waals surface area contributed by atoms with Crippen molar-refractivity contribution >= 4 is 17.7 Å². The van der Waals surface area contributed by atoms with Crippen LogP contribution in [0.3, 0.4) is 0 Å². The van der Waals surface area contributed by atoms with Gasteiger partial charge in [0.05, 0.1) is 11.1 Å². The largest absolute Gasteiger partial charge is 0.477 e. The summed E-state index contributed by atoms with van der Waals surface area (Å²) in [5.74, 6) is -0.535. The maximum absolute atomic E-state index is 12.4. The van der Waals surface area contributed by atoms with Gasteiger partial charge in [-0.25, -0.2) is 9.78 Å². The van der Waals surface area contributed by atoms with Gasteiger partial charge in [0.25, 0.3) is 0 Å². The summed E-state index contributed by atoms with van der Waals surface area (Å²) >= 11 is 1.32. The molecule has 0 aliphatic rings. The van der Waals surface area contributed by atoms with Crippen molar-refractivity contribution in [2.75, 3.05) is 13.3 Å². The van der Waals surface area contributed by atoms with Gasteiger partial charge >= 0.3 is 18.3 Å². The molecule has 188 valence electrons. The van der Waals surface area contributed by atoms with Crippen LogP contribution in [0.25, 0.3) is 0 Å². The molecule has 3 aromatic rings. The number of aromatic nitrogens is 2. The number of para-hydroxylation sites is 1. The molecule has 1 heterocycles. The highest BCUT2D eigenvalue weighted by Crippen LogP contribution is 2.36. The van der Waals surface area contributed by atoms with Crippen molar-refractivity contribution in [3.63, 3.8) is 0 Å². The van der Waals surface area contributed by atoms with E-state index in [1.165, 1.54) is 25.0 Å². The van der Waals surface area contributed by atoms with Gasteiger partial charge in [0.2, 0.25) is 5.88 Å². The molecule has 0 bridgehead atoms. The first kappa shape index (κ1) is 27.9. The molecule has 0 saturated heterocycles. The van der Waals surface area contributed by atoms with Crippen LogP contribution in [0.1, 0.15) is 27.0 Å². The van der Waals surface area contributed by atoms with Gasteiger partial charge in [-0.3, -0.25) is 0 Å². The summed E-state index contributed by atoms with van der Waals surface area (Å²) in [6, 6.07) is 10.4. The second-order valence-electron chi connectivity index (χ2n) is 6.74. The number of benzene rings is 2. The van der Waals surface area contributed by atoms with E-state index in [0.717, 1.165) is 0 Å². The summed E-state index contributed by atoms with van der Waals surface area (Å²) in [7, 11) is 1.44. The van der Waals surface area contributed by atoms with Crippen molar-refractivity contribution in [2.24, 2.45) is 0 Å². The molecule has 0 spiro atoms. The van der Waals surface area contributed by atoms with Crippen LogP contribution in [0.2, 0.25) is 0 Å². The van der Waals surface area contributed by atoms with E-state index in [1.54, 1.807) is 24.3 Å². The number of thioether (sulfide) groups is 1. The molecule has 0 amide bonds. The van der Waals surface area contributed by atoms with Gasteiger partial charge in [0.15, 0.2) is 5.16 Å². The maximum Gasteiger partial charge on any atom is 0.416 e. The van der Waals surface area contributed by atoms with Crippen LogP contribution in [0.5, 0.6) is 11.6 Å². The number of nitrogens with zero attached hydrogens (tertiary/aromatic N) is 2. The lowest BCUT2D eigenvalue weighted by Gasteiger charge is -2.13. The van der Waals surface area contributed by atoms with Gasteiger partial charge in [0.1, 0.15) is 11.3 Å². The van der Waals surface area contributed by atoms with Crippen LogP contribution < -0.4 is 10.1 Å². The van der Waals surface area contributed by atoms with E-state index in [2.05, 4.69) is 15.3 Å². The van der Waals surface area contributed by atoms with Gasteiger partial charge in [-0.2, -0.15) is 31.3 Å². The monoisotopic (exact) mass is 519 g/mol. The second-order valence-corrected chi connectivity index (χ2v) is 7.51. The Balaban J connectivity index is 0.000000247. The Labute approximate surface area is 200 Å². The average molecular weight is 519 g/mol. The number of ether oxygens (including phenoxy) is 1. The maximum atomic E-state index is 12.4. The number of aromatic carboxylic acids is 1. The molecule has 6 nitrogen and oxygen atoms in total. The van der Waals surface area contributed by atoms with Gasteiger partial charge in [-0.1, -0.05) is 30.0 Å². The van der Waals surface area contributed by atoms with Crippen molar-refractivity contribution in [1.29, 1.82) is 0 Å². The minimum Gasteiger partial charge on any atom is -0.477 e. The first-order valence-corrected chi connectivity index (χ1v) is 10.9. The van der Waals surface area contributed by atoms with Gasteiger partial charge < -0.3 is 15.2 Å². The first-order valence-electron chi connectivity index (χ1n) is 9.65. The number of rotatable bonds is 6. The number of carbonyl (C=O) groups is 1. The standard InChI is InChI=1S/C12H10N2O3S.C10H9F6N/c1-18-12-13-7-9(11(15)16)10(14-12)17-8-5-3-2-4-6-8;1-17-5-6-2-7(9(11,12)13)4-8(3-6)10(14,15)16/h2-7H,1H3,(H,15,16);2-4,17H,5H2,1H3. The molecule has 0 aliphatic carbocycles.